The van der Waals surface area contributed by atoms with Crippen LogP contribution in [0.1, 0.15) is 48.9 Å². The van der Waals surface area contributed by atoms with Gasteiger partial charge in [-0.2, -0.15) is 0 Å². The molecule has 0 saturated carbocycles. The first kappa shape index (κ1) is 21.2. The van der Waals surface area contributed by atoms with Crippen molar-refractivity contribution in [2.45, 2.75) is 46.1 Å². The number of anilines is 2. The summed E-state index contributed by atoms with van der Waals surface area (Å²) in [4.78, 5) is 19.7. The quantitative estimate of drug-likeness (QED) is 0.430. The van der Waals surface area contributed by atoms with Crippen molar-refractivity contribution in [3.05, 3.63) is 60.9 Å². The van der Waals surface area contributed by atoms with Gasteiger partial charge < -0.3 is 14.6 Å². The average molecular weight is 491 g/mol. The van der Waals surface area contributed by atoms with Crippen molar-refractivity contribution in [3.63, 3.8) is 0 Å². The van der Waals surface area contributed by atoms with Gasteiger partial charge in [0.15, 0.2) is 5.43 Å². The second kappa shape index (κ2) is 8.60. The lowest BCUT2D eigenvalue weighted by Crippen LogP contribution is -2.31. The molecule has 1 fully saturated rings. The smallest absolute Gasteiger partial charge is 0.202 e. The van der Waals surface area contributed by atoms with Crippen molar-refractivity contribution in [2.75, 3.05) is 23.3 Å². The number of hydrogen-bond acceptors (Lipinski definition) is 5. The molecule has 1 aliphatic heterocycles. The van der Waals surface area contributed by atoms with Crippen LogP contribution in [0.5, 0.6) is 0 Å². The Labute approximate surface area is 189 Å². The van der Waals surface area contributed by atoms with E-state index in [1.165, 1.54) is 6.42 Å². The molecule has 0 bridgehead atoms. The molecule has 5 nitrogen and oxygen atoms in total. The summed E-state index contributed by atoms with van der Waals surface area (Å²) in [5, 5.41) is 4.52. The molecular weight excluding hydrogens is 466 g/mol. The zero-order valence-electron chi connectivity index (χ0n) is 17.4. The Hall–Kier alpha value is -2.05. The highest BCUT2D eigenvalue weighted by atomic mass is 79.9. The molecule has 1 unspecified atom stereocenters. The number of rotatable bonds is 4. The predicted octanol–water partition coefficient (Wildman–Crippen LogP) is 6.38. The summed E-state index contributed by atoms with van der Waals surface area (Å²) in [7, 11) is 0. The third-order valence-electron chi connectivity index (χ3n) is 5.66. The maximum Gasteiger partial charge on any atom is 0.202 e. The number of hydrogen-bond donors (Lipinski definition) is 1. The fourth-order valence-corrected chi connectivity index (χ4v) is 4.79. The lowest BCUT2D eigenvalue weighted by atomic mass is 10.00. The molecule has 1 atom stereocenters. The van der Waals surface area contributed by atoms with Gasteiger partial charge in [-0.1, -0.05) is 17.7 Å². The van der Waals surface area contributed by atoms with Gasteiger partial charge in [-0.15, -0.1) is 0 Å². The molecule has 158 valence electrons. The maximum absolute atomic E-state index is 13.2. The molecule has 1 aromatic carbocycles. The van der Waals surface area contributed by atoms with E-state index in [0.717, 1.165) is 42.7 Å². The Bertz CT molecular complexity index is 1160. The number of pyridine rings is 1. The summed E-state index contributed by atoms with van der Waals surface area (Å²) < 4.78 is 7.09. The fourth-order valence-electron chi connectivity index (χ4n) is 4.11. The van der Waals surface area contributed by atoms with Crippen LogP contribution >= 0.6 is 27.5 Å². The lowest BCUT2D eigenvalue weighted by molar-refractivity contribution is 0.507. The van der Waals surface area contributed by atoms with E-state index >= 15 is 0 Å². The van der Waals surface area contributed by atoms with Crippen molar-refractivity contribution < 1.29 is 4.42 Å². The van der Waals surface area contributed by atoms with Crippen LogP contribution in [-0.4, -0.2) is 18.1 Å². The number of fused-ring (bicyclic) bond motifs is 1. The lowest BCUT2D eigenvalue weighted by Gasteiger charge is -2.29. The summed E-state index contributed by atoms with van der Waals surface area (Å²) in [5.74, 6) is 0.707. The van der Waals surface area contributed by atoms with Gasteiger partial charge in [-0.05, 0) is 79.7 Å². The summed E-state index contributed by atoms with van der Waals surface area (Å²) in [6.45, 7) is 7.77. The van der Waals surface area contributed by atoms with Crippen molar-refractivity contribution in [2.24, 2.45) is 0 Å². The number of aromatic nitrogens is 1. The van der Waals surface area contributed by atoms with Crippen LogP contribution in [0.3, 0.4) is 0 Å². The van der Waals surface area contributed by atoms with Crippen LogP contribution in [-0.2, 0) is 0 Å². The van der Waals surface area contributed by atoms with Gasteiger partial charge in [0.05, 0.1) is 22.7 Å². The molecule has 1 N–H and O–H groups in total. The van der Waals surface area contributed by atoms with E-state index in [1.54, 1.807) is 6.07 Å². The third-order valence-corrected chi connectivity index (χ3v) is 6.48. The van der Waals surface area contributed by atoms with Crippen LogP contribution in [0.25, 0.3) is 11.0 Å². The predicted molar refractivity (Wildman–Crippen MR) is 127 cm³/mol. The zero-order valence-corrected chi connectivity index (χ0v) is 19.7. The summed E-state index contributed by atoms with van der Waals surface area (Å²) in [6, 6.07) is 7.52. The highest BCUT2D eigenvalue weighted by Crippen LogP contribution is 2.33. The van der Waals surface area contributed by atoms with E-state index in [0.29, 0.717) is 32.2 Å². The average Bonchev–Trinajstić information content (AvgIpc) is 2.73. The molecule has 1 aliphatic rings. The number of piperidine rings is 1. The largest absolute Gasteiger partial charge is 0.440 e. The summed E-state index contributed by atoms with van der Waals surface area (Å²) >= 11 is 9.43. The van der Waals surface area contributed by atoms with Gasteiger partial charge in [0, 0.05) is 18.7 Å². The Kier molecular flexibility index (Phi) is 6.07. The highest BCUT2D eigenvalue weighted by molar-refractivity contribution is 9.10. The molecule has 4 rings (SSSR count). The fraction of sp³-hybridized carbons (Fsp3) is 0.391. The standard InChI is InChI=1S/C23H25BrClN3O2/c1-13-11-16(15(3)26-18-7-8-19(25)27-22(18)24)21-17(12-13)20(29)14(2)23(30-21)28-9-5-4-6-10-28/h7-8,11-12,15,26H,4-6,9-10H2,1-3H3. The molecule has 0 radical (unpaired) electrons. The zero-order chi connectivity index (χ0) is 21.4. The number of nitrogens with zero attached hydrogens (tertiary/aromatic N) is 2. The SMILES string of the molecule is Cc1cc(C(C)Nc2ccc(Cl)nc2Br)c2oc(N3CCCCC3)c(C)c(=O)c2c1. The molecule has 3 heterocycles. The topological polar surface area (TPSA) is 58.4 Å². The maximum atomic E-state index is 13.2. The molecule has 7 heteroatoms. The normalized spacial score (nSPS) is 15.4. The van der Waals surface area contributed by atoms with E-state index in [-0.39, 0.29) is 11.5 Å². The van der Waals surface area contributed by atoms with Crippen LogP contribution < -0.4 is 15.6 Å². The van der Waals surface area contributed by atoms with Gasteiger partial charge in [0.25, 0.3) is 0 Å². The van der Waals surface area contributed by atoms with E-state index in [9.17, 15) is 4.79 Å². The molecule has 0 spiro atoms. The van der Waals surface area contributed by atoms with Gasteiger partial charge in [-0.25, -0.2) is 4.98 Å². The number of nitrogens with one attached hydrogen (secondary N) is 1. The van der Waals surface area contributed by atoms with E-state index in [1.807, 2.05) is 26.0 Å². The number of halogens is 2. The Morgan fingerprint density at radius 1 is 1.20 bits per heavy atom. The van der Waals surface area contributed by atoms with Crippen molar-refractivity contribution in [3.8, 4) is 0 Å². The Morgan fingerprint density at radius 3 is 2.63 bits per heavy atom. The van der Waals surface area contributed by atoms with Crippen LogP contribution in [0, 0.1) is 13.8 Å². The number of aryl methyl sites for hydroxylation is 1. The Balaban J connectivity index is 1.82. The Morgan fingerprint density at radius 2 is 1.93 bits per heavy atom. The molecular formula is C23H25BrClN3O2. The highest BCUT2D eigenvalue weighted by Gasteiger charge is 2.22. The molecule has 0 aliphatic carbocycles. The third kappa shape index (κ3) is 4.08. The first-order valence-corrected chi connectivity index (χ1v) is 11.4. The van der Waals surface area contributed by atoms with Crippen LogP contribution in [0.2, 0.25) is 5.15 Å². The van der Waals surface area contributed by atoms with Crippen molar-refractivity contribution in [1.29, 1.82) is 0 Å². The monoisotopic (exact) mass is 489 g/mol. The summed E-state index contributed by atoms with van der Waals surface area (Å²) in [5.41, 5.74) is 4.18. The molecule has 0 amide bonds. The summed E-state index contributed by atoms with van der Waals surface area (Å²) in [6.07, 6.45) is 3.47. The minimum atomic E-state index is -0.105. The first-order valence-electron chi connectivity index (χ1n) is 10.3. The number of benzene rings is 1. The van der Waals surface area contributed by atoms with Gasteiger partial charge in [0.2, 0.25) is 5.88 Å². The molecule has 30 heavy (non-hydrogen) atoms. The van der Waals surface area contributed by atoms with Crippen molar-refractivity contribution in [1.82, 2.24) is 4.98 Å². The van der Waals surface area contributed by atoms with Crippen LogP contribution in [0.4, 0.5) is 11.6 Å². The minimum Gasteiger partial charge on any atom is -0.440 e. The second-order valence-electron chi connectivity index (χ2n) is 7.98. The molecule has 1 saturated heterocycles. The van der Waals surface area contributed by atoms with Gasteiger partial charge >= 0.3 is 0 Å². The van der Waals surface area contributed by atoms with E-state index in [4.69, 9.17) is 16.0 Å². The second-order valence-corrected chi connectivity index (χ2v) is 9.12. The van der Waals surface area contributed by atoms with Crippen molar-refractivity contribution >= 4 is 50.1 Å². The minimum absolute atomic E-state index is 0.0447. The van der Waals surface area contributed by atoms with Gasteiger partial charge in [-0.3, -0.25) is 4.79 Å². The van der Waals surface area contributed by atoms with Crippen LogP contribution in [0.15, 0.2) is 38.1 Å². The molecule has 2 aromatic heterocycles. The first-order chi connectivity index (χ1) is 14.3. The van der Waals surface area contributed by atoms with E-state index in [2.05, 4.69) is 44.1 Å². The molecule has 3 aromatic rings. The van der Waals surface area contributed by atoms with Gasteiger partial charge in [0.1, 0.15) is 15.3 Å². The van der Waals surface area contributed by atoms with E-state index < -0.39 is 0 Å².